The van der Waals surface area contributed by atoms with E-state index in [0.29, 0.717) is 17.8 Å². The van der Waals surface area contributed by atoms with Crippen LogP contribution >= 0.6 is 0 Å². The third kappa shape index (κ3) is 17.9. The van der Waals surface area contributed by atoms with Crippen LogP contribution in [0, 0.1) is 23.7 Å². The summed E-state index contributed by atoms with van der Waals surface area (Å²) in [5.74, 6) is 1.25. The molecule has 0 saturated heterocycles. The first kappa shape index (κ1) is 63.3. The van der Waals surface area contributed by atoms with Crippen molar-refractivity contribution in [3.05, 3.63) is 195 Å². The minimum atomic E-state index is 0.0626. The lowest BCUT2D eigenvalue weighted by Gasteiger charge is -2.27. The highest BCUT2D eigenvalue weighted by molar-refractivity contribution is 6.32. The molecule has 0 aromatic heterocycles. The maximum atomic E-state index is 5.89. The molecule has 0 aliphatic rings. The second-order valence-corrected chi connectivity index (χ2v) is 24.5. The summed E-state index contributed by atoms with van der Waals surface area (Å²) in [6.07, 6.45) is 25.9. The molecule has 410 valence electrons. The van der Waals surface area contributed by atoms with Crippen molar-refractivity contribution in [2.45, 2.75) is 219 Å². The molecule has 3 atom stereocenters. The van der Waals surface area contributed by atoms with Crippen molar-refractivity contribution in [3.63, 3.8) is 0 Å². The van der Waals surface area contributed by atoms with Crippen molar-refractivity contribution < 1.29 is 0 Å². The maximum Gasteiger partial charge on any atom is 0.0781 e. The van der Waals surface area contributed by atoms with Gasteiger partial charge in [0, 0.05) is 16.7 Å². The smallest absolute Gasteiger partial charge is 0.0781 e. The van der Waals surface area contributed by atoms with Crippen LogP contribution in [0.15, 0.2) is 156 Å². The molecule has 0 fully saturated rings. The van der Waals surface area contributed by atoms with Crippen molar-refractivity contribution in [2.75, 3.05) is 0 Å². The Hall–Kier alpha value is -5.27. The highest BCUT2D eigenvalue weighted by atomic mass is 14.8. The largest absolute Gasteiger partial charge is 0.247 e. The van der Waals surface area contributed by atoms with Crippen molar-refractivity contribution in [1.82, 2.24) is 0 Å². The molecule has 0 radical (unpaired) electrons. The quantitative estimate of drug-likeness (QED) is 0.0233. The predicted molar refractivity (Wildman–Crippen MR) is 343 cm³/mol. The third-order valence-electron chi connectivity index (χ3n) is 16.5. The van der Waals surface area contributed by atoms with Gasteiger partial charge in [-0.05, 0) is 143 Å². The Balaban J connectivity index is 2.04. The second kappa shape index (κ2) is 30.6. The molecule has 0 aliphatic carbocycles. The van der Waals surface area contributed by atoms with Crippen LogP contribution in [0.3, 0.4) is 0 Å². The monoisotopic (exact) mass is 1020 g/mol. The molecule has 1 nitrogen and oxygen atoms in total. The van der Waals surface area contributed by atoms with Crippen LogP contribution in [0.5, 0.6) is 0 Å². The molecule has 0 heterocycles. The molecule has 4 rings (SSSR count). The molecule has 0 bridgehead atoms. The lowest BCUT2D eigenvalue weighted by Crippen LogP contribution is -2.11. The summed E-state index contributed by atoms with van der Waals surface area (Å²) < 4.78 is 0. The first-order valence-electron chi connectivity index (χ1n) is 29.9. The van der Waals surface area contributed by atoms with Crippen LogP contribution in [0.2, 0.25) is 0 Å². The van der Waals surface area contributed by atoms with Gasteiger partial charge in [0.15, 0.2) is 0 Å². The van der Waals surface area contributed by atoms with Crippen molar-refractivity contribution in [2.24, 2.45) is 21.7 Å². The van der Waals surface area contributed by atoms with Gasteiger partial charge < -0.3 is 0 Å². The van der Waals surface area contributed by atoms with E-state index < -0.39 is 0 Å². The van der Waals surface area contributed by atoms with Gasteiger partial charge >= 0.3 is 0 Å². The maximum absolute atomic E-state index is 5.89. The van der Waals surface area contributed by atoms with Crippen molar-refractivity contribution >= 4 is 33.7 Å². The fourth-order valence-electron chi connectivity index (χ4n) is 11.1. The molecule has 0 saturated carbocycles. The molecular weight excluding hydrogens is 915 g/mol. The summed E-state index contributed by atoms with van der Waals surface area (Å²) in [7, 11) is 0. The van der Waals surface area contributed by atoms with Crippen LogP contribution in [0.1, 0.15) is 257 Å². The lowest BCUT2D eigenvalue weighted by molar-refractivity contribution is 0.425. The molecule has 0 N–H and O–H groups in total. The highest BCUT2D eigenvalue weighted by Crippen LogP contribution is 2.43. The Kier molecular flexibility index (Phi) is 25.5. The van der Waals surface area contributed by atoms with E-state index in [-0.39, 0.29) is 10.8 Å². The van der Waals surface area contributed by atoms with Gasteiger partial charge in [0.05, 0.1) is 11.4 Å². The van der Waals surface area contributed by atoms with Gasteiger partial charge in [-0.15, -0.1) is 0 Å². The van der Waals surface area contributed by atoms with Crippen LogP contribution in [0.4, 0.5) is 5.69 Å². The average molecular weight is 1020 g/mol. The highest BCUT2D eigenvalue weighted by Gasteiger charge is 2.24. The minimum Gasteiger partial charge on any atom is -0.247 e. The zero-order valence-electron chi connectivity index (χ0n) is 51.5. The number of allylic oxidation sites excluding steroid dienone is 12. The Morgan fingerprint density at radius 2 is 1.21 bits per heavy atom. The average Bonchev–Trinajstić information content (AvgIpc) is 3.39. The van der Waals surface area contributed by atoms with Gasteiger partial charge in [-0.3, -0.25) is 0 Å². The first-order valence-corrected chi connectivity index (χ1v) is 29.9. The fraction of sp³-hybridized carbons (Fsp3) is 0.480. The predicted octanol–water partition coefficient (Wildman–Crippen LogP) is 24.0. The Labute approximate surface area is 467 Å². The number of nitrogens with zero attached hydrogens (tertiary/aromatic N) is 1. The summed E-state index contributed by atoms with van der Waals surface area (Å²) >= 11 is 0. The van der Waals surface area contributed by atoms with Crippen LogP contribution in [0.25, 0.3) is 22.3 Å². The van der Waals surface area contributed by atoms with Gasteiger partial charge in [0.1, 0.15) is 0 Å². The van der Waals surface area contributed by atoms with Crippen LogP contribution < -0.4 is 0 Å². The molecule has 0 amide bonds. The van der Waals surface area contributed by atoms with E-state index in [9.17, 15) is 0 Å². The number of unbranched alkanes of at least 4 members (excludes halogenated alkanes) is 5. The molecule has 4 aromatic rings. The zero-order valence-corrected chi connectivity index (χ0v) is 51.5. The minimum absolute atomic E-state index is 0.0626. The van der Waals surface area contributed by atoms with Crippen LogP contribution in [-0.4, -0.2) is 5.71 Å². The third-order valence-corrected chi connectivity index (χ3v) is 16.5. The van der Waals surface area contributed by atoms with E-state index in [4.69, 9.17) is 18.2 Å². The van der Waals surface area contributed by atoms with Gasteiger partial charge in [-0.1, -0.05) is 294 Å². The Morgan fingerprint density at radius 1 is 0.618 bits per heavy atom. The fourth-order valence-corrected chi connectivity index (χ4v) is 11.1. The normalized spacial score (nSPS) is 14.9. The van der Waals surface area contributed by atoms with Crippen molar-refractivity contribution in [1.29, 1.82) is 0 Å². The number of hydrogen-bond acceptors (Lipinski definition) is 1. The van der Waals surface area contributed by atoms with E-state index in [2.05, 4.69) is 233 Å². The zero-order chi connectivity index (χ0) is 56.2. The summed E-state index contributed by atoms with van der Waals surface area (Å²) in [4.78, 5) is 5.89. The molecule has 1 heteroatoms. The second-order valence-electron chi connectivity index (χ2n) is 24.5. The molecule has 3 unspecified atom stereocenters. The van der Waals surface area contributed by atoms with Gasteiger partial charge in [-0.25, -0.2) is 4.99 Å². The lowest BCUT2D eigenvalue weighted by atomic mass is 9.79. The molecule has 4 aromatic carbocycles. The summed E-state index contributed by atoms with van der Waals surface area (Å²) in [5, 5.41) is 0. The van der Waals surface area contributed by atoms with E-state index in [0.717, 1.165) is 78.6 Å². The van der Waals surface area contributed by atoms with E-state index in [1.807, 2.05) is 0 Å². The van der Waals surface area contributed by atoms with E-state index in [1.165, 1.54) is 106 Å². The Bertz CT molecular complexity index is 2690. The molecular formula is C75H105N. The SMILES string of the molecule is C=C(C(=Nc1c(/C(=C/C(CCC)=C(\C)c2ccc(C(=C)/C=C\C(=CC)C(C)(C)C)c(C(C)C(C)CCCCCCCC)c2)CCC)ccc(C(C)C/C(CCC)=C(\C)C(C)(C)C)c1C)c1ccccc1)c1ccccc1. The summed E-state index contributed by atoms with van der Waals surface area (Å²) in [5.41, 5.74) is 22.7. The van der Waals surface area contributed by atoms with Gasteiger partial charge in [0.2, 0.25) is 0 Å². The summed E-state index contributed by atoms with van der Waals surface area (Å²) in [6.45, 7) is 49.3. The number of aliphatic imine (C=N–C) groups is 1. The van der Waals surface area contributed by atoms with E-state index in [1.54, 1.807) is 5.57 Å². The molecule has 0 spiro atoms. The van der Waals surface area contributed by atoms with Crippen molar-refractivity contribution in [3.8, 4) is 0 Å². The molecule has 0 aliphatic heterocycles. The van der Waals surface area contributed by atoms with Gasteiger partial charge in [-0.2, -0.15) is 0 Å². The first-order chi connectivity index (χ1) is 36.1. The van der Waals surface area contributed by atoms with E-state index >= 15 is 0 Å². The summed E-state index contributed by atoms with van der Waals surface area (Å²) in [6, 6.07) is 33.5. The topological polar surface area (TPSA) is 12.4 Å². The standard InChI is InChI=1S/C75H105N/c1-20-25-26-27-28-31-39-53(6)56(9)71-52-64(45-47-69(71)54(7)44-46-67(24-5)75(17,18)19)57(10)63(36-21-2)51-66(38-23-4)70-49-48-68(55(8)50-65(37-22-3)60(13)74(14,15)16)59(12)73(70)76-72(62-42-34-30-35-43-62)58(11)61-40-32-29-33-41-61/h24,29-30,32-35,40-49,51-53,55-56H,7,11,20-23,25-28,31,36-39,50H2,1-6,8-10,12-19H3/b46-44-,63-57+,65-60+,66-51+,67-24?,76-72?. The Morgan fingerprint density at radius 3 is 1.79 bits per heavy atom. The number of benzene rings is 4. The van der Waals surface area contributed by atoms with Crippen LogP contribution in [-0.2, 0) is 0 Å². The van der Waals surface area contributed by atoms with Gasteiger partial charge in [0.25, 0.3) is 0 Å². The number of hydrogen-bond donors (Lipinski definition) is 0. The molecule has 76 heavy (non-hydrogen) atoms. The number of rotatable bonds is 28.